The number of anilines is 2. The monoisotopic (exact) mass is 479 g/mol. The Hall–Kier alpha value is -3.97. The zero-order chi connectivity index (χ0) is 24.2. The molecule has 0 atom stereocenters. The second-order valence-corrected chi connectivity index (χ2v) is 9.24. The van der Waals surface area contributed by atoms with Crippen LogP contribution in [-0.2, 0) is 6.42 Å². The number of rotatable bonds is 7. The number of pyridine rings is 2. The molecule has 2 aromatic carbocycles. The largest absolute Gasteiger partial charge is 0.495 e. The fraction of sp³-hybridized carbons (Fsp3) is 0.143. The Kier molecular flexibility index (Phi) is 6.59. The SMILES string of the molecule is CCc1cc(-c2ccc(C)cc2)nnc1Nc1ccc(Sc2ccnc3cc(OC)cnc23)cc1. The highest BCUT2D eigenvalue weighted by atomic mass is 32.2. The number of aromatic nitrogens is 4. The van der Waals surface area contributed by atoms with Crippen LogP contribution < -0.4 is 10.1 Å². The molecule has 5 aromatic rings. The number of benzene rings is 2. The molecule has 0 unspecified atom stereocenters. The first-order valence-electron chi connectivity index (χ1n) is 11.4. The Morgan fingerprint density at radius 3 is 2.46 bits per heavy atom. The van der Waals surface area contributed by atoms with Crippen LogP contribution in [0.15, 0.2) is 88.9 Å². The summed E-state index contributed by atoms with van der Waals surface area (Å²) in [4.78, 5) is 11.1. The van der Waals surface area contributed by atoms with Gasteiger partial charge in [0.2, 0.25) is 0 Å². The molecule has 35 heavy (non-hydrogen) atoms. The maximum Gasteiger partial charge on any atom is 0.156 e. The van der Waals surface area contributed by atoms with Crippen molar-refractivity contribution in [2.24, 2.45) is 0 Å². The fourth-order valence-corrected chi connectivity index (χ4v) is 4.63. The van der Waals surface area contributed by atoms with Gasteiger partial charge in [0.05, 0.1) is 24.5 Å². The summed E-state index contributed by atoms with van der Waals surface area (Å²) in [7, 11) is 1.63. The summed E-state index contributed by atoms with van der Waals surface area (Å²) >= 11 is 1.65. The van der Waals surface area contributed by atoms with Gasteiger partial charge in [-0.25, -0.2) is 4.98 Å². The van der Waals surface area contributed by atoms with Crippen molar-refractivity contribution in [2.75, 3.05) is 12.4 Å². The van der Waals surface area contributed by atoms with E-state index < -0.39 is 0 Å². The van der Waals surface area contributed by atoms with E-state index in [9.17, 15) is 0 Å². The molecule has 0 bridgehead atoms. The van der Waals surface area contributed by atoms with Gasteiger partial charge in [-0.1, -0.05) is 48.5 Å². The van der Waals surface area contributed by atoms with Gasteiger partial charge >= 0.3 is 0 Å². The van der Waals surface area contributed by atoms with Crippen molar-refractivity contribution in [3.8, 4) is 17.0 Å². The van der Waals surface area contributed by atoms with Crippen LogP contribution in [-0.4, -0.2) is 27.3 Å². The van der Waals surface area contributed by atoms with Gasteiger partial charge in [0.1, 0.15) is 11.3 Å². The summed E-state index contributed by atoms with van der Waals surface area (Å²) in [5.41, 5.74) is 6.94. The lowest BCUT2D eigenvalue weighted by molar-refractivity contribution is 0.413. The van der Waals surface area contributed by atoms with Crippen molar-refractivity contribution in [3.63, 3.8) is 0 Å². The molecule has 0 aliphatic rings. The predicted octanol–water partition coefficient (Wildman–Crippen LogP) is 6.86. The highest BCUT2D eigenvalue weighted by Crippen LogP contribution is 2.33. The number of hydrogen-bond donors (Lipinski definition) is 1. The summed E-state index contributed by atoms with van der Waals surface area (Å²) < 4.78 is 5.27. The highest BCUT2D eigenvalue weighted by molar-refractivity contribution is 7.99. The molecule has 0 saturated heterocycles. The molecule has 3 aromatic heterocycles. The second kappa shape index (κ2) is 10.1. The Morgan fingerprint density at radius 1 is 0.914 bits per heavy atom. The third-order valence-electron chi connectivity index (χ3n) is 5.70. The van der Waals surface area contributed by atoms with Crippen LogP contribution in [0.1, 0.15) is 18.1 Å². The number of aryl methyl sites for hydroxylation is 2. The van der Waals surface area contributed by atoms with E-state index in [1.54, 1.807) is 31.3 Å². The van der Waals surface area contributed by atoms with Crippen LogP contribution in [0.2, 0.25) is 0 Å². The summed E-state index contributed by atoms with van der Waals surface area (Å²) in [5, 5.41) is 12.4. The predicted molar refractivity (Wildman–Crippen MR) is 142 cm³/mol. The average molecular weight is 480 g/mol. The summed E-state index contributed by atoms with van der Waals surface area (Å²) in [6.45, 7) is 4.21. The van der Waals surface area contributed by atoms with Crippen molar-refractivity contribution in [3.05, 3.63) is 90.3 Å². The van der Waals surface area contributed by atoms with E-state index in [1.165, 1.54) is 5.56 Å². The van der Waals surface area contributed by atoms with Crippen molar-refractivity contribution in [2.45, 2.75) is 30.1 Å². The number of nitrogens with zero attached hydrogens (tertiary/aromatic N) is 4. The van der Waals surface area contributed by atoms with Gasteiger partial charge in [0.15, 0.2) is 5.82 Å². The van der Waals surface area contributed by atoms with E-state index in [-0.39, 0.29) is 0 Å². The van der Waals surface area contributed by atoms with E-state index in [1.807, 2.05) is 12.1 Å². The number of ether oxygens (including phenoxy) is 1. The van der Waals surface area contributed by atoms with Crippen molar-refractivity contribution < 1.29 is 4.74 Å². The lowest BCUT2D eigenvalue weighted by Gasteiger charge is -2.12. The summed E-state index contributed by atoms with van der Waals surface area (Å²) in [6, 6.07) is 22.6. The molecule has 7 heteroatoms. The molecule has 0 aliphatic carbocycles. The topological polar surface area (TPSA) is 72.8 Å². The Morgan fingerprint density at radius 2 is 1.71 bits per heavy atom. The average Bonchev–Trinajstić information content (AvgIpc) is 2.90. The van der Waals surface area contributed by atoms with E-state index in [2.05, 4.69) is 93.9 Å². The van der Waals surface area contributed by atoms with Crippen LogP contribution in [0.4, 0.5) is 11.5 Å². The molecular weight excluding hydrogens is 454 g/mol. The van der Waals surface area contributed by atoms with Gasteiger partial charge in [-0.3, -0.25) is 4.98 Å². The number of methoxy groups -OCH3 is 1. The summed E-state index contributed by atoms with van der Waals surface area (Å²) in [6.07, 6.45) is 4.38. The Labute approximate surface area is 208 Å². The number of fused-ring (bicyclic) bond motifs is 1. The lowest BCUT2D eigenvalue weighted by atomic mass is 10.1. The third-order valence-corrected chi connectivity index (χ3v) is 6.75. The quantitative estimate of drug-likeness (QED) is 0.273. The van der Waals surface area contributed by atoms with Crippen LogP contribution in [0, 0.1) is 6.92 Å². The minimum Gasteiger partial charge on any atom is -0.495 e. The highest BCUT2D eigenvalue weighted by Gasteiger charge is 2.10. The van der Waals surface area contributed by atoms with Crippen LogP contribution in [0.3, 0.4) is 0 Å². The van der Waals surface area contributed by atoms with Gasteiger partial charge in [0.25, 0.3) is 0 Å². The van der Waals surface area contributed by atoms with E-state index in [0.717, 1.165) is 55.6 Å². The van der Waals surface area contributed by atoms with Crippen LogP contribution in [0.25, 0.3) is 22.3 Å². The second-order valence-electron chi connectivity index (χ2n) is 8.13. The van der Waals surface area contributed by atoms with Gasteiger partial charge in [-0.2, -0.15) is 0 Å². The molecule has 0 fully saturated rings. The van der Waals surface area contributed by atoms with Gasteiger partial charge in [-0.15, -0.1) is 10.2 Å². The fourth-order valence-electron chi connectivity index (χ4n) is 3.72. The normalized spacial score (nSPS) is 10.9. The molecule has 3 heterocycles. The zero-order valence-electron chi connectivity index (χ0n) is 19.8. The van der Waals surface area contributed by atoms with Gasteiger partial charge in [-0.05, 0) is 55.3 Å². The lowest BCUT2D eigenvalue weighted by Crippen LogP contribution is -2.01. The number of hydrogen-bond acceptors (Lipinski definition) is 7. The van der Waals surface area contributed by atoms with Gasteiger partial charge in [0, 0.05) is 33.3 Å². The molecule has 0 amide bonds. The Bertz CT molecular complexity index is 1470. The first kappa shape index (κ1) is 22.8. The third kappa shape index (κ3) is 5.10. The minimum absolute atomic E-state index is 0.698. The van der Waals surface area contributed by atoms with E-state index in [0.29, 0.717) is 5.75 Å². The van der Waals surface area contributed by atoms with Crippen molar-refractivity contribution in [1.82, 2.24) is 20.2 Å². The smallest absolute Gasteiger partial charge is 0.156 e. The zero-order valence-corrected chi connectivity index (χ0v) is 20.6. The van der Waals surface area contributed by atoms with E-state index in [4.69, 9.17) is 4.74 Å². The Balaban J connectivity index is 1.33. The van der Waals surface area contributed by atoms with E-state index >= 15 is 0 Å². The number of nitrogens with one attached hydrogen (secondary N) is 1. The maximum atomic E-state index is 5.27. The maximum absolute atomic E-state index is 5.27. The molecular formula is C28H25N5OS. The molecule has 0 radical (unpaired) electrons. The first-order valence-corrected chi connectivity index (χ1v) is 12.2. The molecule has 0 aliphatic heterocycles. The summed E-state index contributed by atoms with van der Waals surface area (Å²) in [5.74, 6) is 1.48. The van der Waals surface area contributed by atoms with Crippen LogP contribution in [0.5, 0.6) is 5.75 Å². The van der Waals surface area contributed by atoms with Crippen LogP contribution >= 0.6 is 11.8 Å². The standard InChI is InChI=1S/C28H25N5OS/c1-4-19-15-24(20-7-5-18(2)6-8-20)32-33-28(19)31-21-9-11-23(12-10-21)35-26-13-14-29-25-16-22(34-3)17-30-27(25)26/h5-17H,4H2,1-3H3,(H,31,33). The minimum atomic E-state index is 0.698. The molecule has 0 saturated carbocycles. The van der Waals surface area contributed by atoms with Gasteiger partial charge < -0.3 is 10.1 Å². The molecule has 5 rings (SSSR count). The molecule has 174 valence electrons. The molecule has 1 N–H and O–H groups in total. The molecule has 6 nitrogen and oxygen atoms in total. The van der Waals surface area contributed by atoms with Crippen molar-refractivity contribution >= 4 is 34.3 Å². The first-order chi connectivity index (χ1) is 17.1. The molecule has 0 spiro atoms. The van der Waals surface area contributed by atoms with Crippen molar-refractivity contribution in [1.29, 1.82) is 0 Å².